The number of anilines is 2. The Hall–Kier alpha value is -2.54. The maximum atomic E-state index is 13.8. The van der Waals surface area contributed by atoms with Gasteiger partial charge in [-0.3, -0.25) is 4.79 Å². The Morgan fingerprint density at radius 3 is 2.61 bits per heavy atom. The Balaban J connectivity index is 1.72. The van der Waals surface area contributed by atoms with Gasteiger partial charge in [-0.1, -0.05) is 6.07 Å². The highest BCUT2D eigenvalue weighted by Crippen LogP contribution is 2.36. The van der Waals surface area contributed by atoms with E-state index < -0.39 is 0 Å². The number of rotatable bonds is 3. The molecule has 1 aliphatic rings. The average Bonchev–Trinajstić information content (AvgIpc) is 3.01. The van der Waals surface area contributed by atoms with Gasteiger partial charge in [0.25, 0.3) is 5.91 Å². The minimum Gasteiger partial charge on any atom is -0.356 e. The quantitative estimate of drug-likeness (QED) is 0.675. The second-order valence-electron chi connectivity index (χ2n) is 7.30. The van der Waals surface area contributed by atoms with Gasteiger partial charge in [-0.15, -0.1) is 11.3 Å². The fourth-order valence-electron chi connectivity index (χ4n) is 3.63. The molecule has 0 spiro atoms. The summed E-state index contributed by atoms with van der Waals surface area (Å²) >= 11 is 1.37. The molecule has 146 valence electrons. The number of hydrogen-bond donors (Lipinski definition) is 1. The van der Waals surface area contributed by atoms with Crippen LogP contribution >= 0.6 is 11.3 Å². The van der Waals surface area contributed by atoms with Crippen molar-refractivity contribution in [3.8, 4) is 0 Å². The van der Waals surface area contributed by atoms with Crippen molar-refractivity contribution in [2.24, 2.45) is 0 Å². The van der Waals surface area contributed by atoms with Crippen molar-refractivity contribution in [1.82, 2.24) is 9.97 Å². The number of carbonyl (C=O) groups excluding carboxylic acids is 1. The number of fused-ring (bicyclic) bond motifs is 1. The number of piperidine rings is 1. The van der Waals surface area contributed by atoms with Crippen molar-refractivity contribution in [2.45, 2.75) is 40.0 Å². The summed E-state index contributed by atoms with van der Waals surface area (Å²) in [6.07, 6.45) is 3.55. The molecule has 3 heterocycles. The van der Waals surface area contributed by atoms with Gasteiger partial charge in [-0.2, -0.15) is 0 Å². The molecule has 1 saturated heterocycles. The van der Waals surface area contributed by atoms with Gasteiger partial charge in [0.1, 0.15) is 22.3 Å². The summed E-state index contributed by atoms with van der Waals surface area (Å²) in [5.74, 6) is 1.06. The molecule has 1 amide bonds. The summed E-state index contributed by atoms with van der Waals surface area (Å²) < 4.78 is 13.8. The van der Waals surface area contributed by atoms with Crippen molar-refractivity contribution in [3.63, 3.8) is 0 Å². The van der Waals surface area contributed by atoms with Crippen LogP contribution < -0.4 is 10.2 Å². The SMILES string of the molecule is Cc1nc(N2CCCCC2)c2c(C)c(C(=O)Nc3ccc(C)c(F)c3)sc2n1. The normalized spacial score (nSPS) is 14.5. The lowest BCUT2D eigenvalue weighted by Crippen LogP contribution is -2.30. The summed E-state index contributed by atoms with van der Waals surface area (Å²) in [6, 6.07) is 4.72. The molecule has 2 aromatic heterocycles. The van der Waals surface area contributed by atoms with Crippen molar-refractivity contribution in [3.05, 3.63) is 45.8 Å². The van der Waals surface area contributed by atoms with E-state index in [1.54, 1.807) is 19.1 Å². The number of amides is 1. The van der Waals surface area contributed by atoms with E-state index in [0.717, 1.165) is 47.5 Å². The number of hydrogen-bond acceptors (Lipinski definition) is 5. The molecule has 4 rings (SSSR count). The molecule has 0 saturated carbocycles. The minimum absolute atomic E-state index is 0.244. The summed E-state index contributed by atoms with van der Waals surface area (Å²) in [6.45, 7) is 7.47. The number of nitrogens with zero attached hydrogens (tertiary/aromatic N) is 3. The van der Waals surface area contributed by atoms with E-state index in [1.165, 1.54) is 23.8 Å². The van der Waals surface area contributed by atoms with Crippen LogP contribution in [0, 0.1) is 26.6 Å². The van der Waals surface area contributed by atoms with Crippen molar-refractivity contribution in [1.29, 1.82) is 0 Å². The molecule has 0 unspecified atom stereocenters. The third kappa shape index (κ3) is 3.46. The van der Waals surface area contributed by atoms with E-state index in [2.05, 4.69) is 15.2 Å². The fourth-order valence-corrected chi connectivity index (χ4v) is 4.75. The Morgan fingerprint density at radius 2 is 1.89 bits per heavy atom. The van der Waals surface area contributed by atoms with Crippen LogP contribution in [0.15, 0.2) is 18.2 Å². The number of benzene rings is 1. The first-order valence-corrected chi connectivity index (χ1v) is 10.4. The highest BCUT2D eigenvalue weighted by molar-refractivity contribution is 7.20. The van der Waals surface area contributed by atoms with E-state index in [9.17, 15) is 9.18 Å². The minimum atomic E-state index is -0.334. The Labute approximate surface area is 167 Å². The number of carbonyl (C=O) groups is 1. The summed E-state index contributed by atoms with van der Waals surface area (Å²) in [7, 11) is 0. The van der Waals surface area contributed by atoms with E-state index in [0.29, 0.717) is 22.0 Å². The number of aryl methyl sites for hydroxylation is 3. The Morgan fingerprint density at radius 1 is 1.14 bits per heavy atom. The molecule has 1 N–H and O–H groups in total. The van der Waals surface area contributed by atoms with E-state index >= 15 is 0 Å². The second-order valence-corrected chi connectivity index (χ2v) is 8.30. The lowest BCUT2D eigenvalue weighted by atomic mass is 10.1. The van der Waals surface area contributed by atoms with Crippen molar-refractivity contribution >= 4 is 39.0 Å². The van der Waals surface area contributed by atoms with E-state index in [-0.39, 0.29) is 11.7 Å². The van der Waals surface area contributed by atoms with E-state index in [4.69, 9.17) is 4.98 Å². The molecule has 7 heteroatoms. The summed E-state index contributed by atoms with van der Waals surface area (Å²) in [5.41, 5.74) is 1.88. The first-order valence-electron chi connectivity index (χ1n) is 9.54. The fraction of sp³-hybridized carbons (Fsp3) is 0.381. The molecule has 0 atom stereocenters. The van der Waals surface area contributed by atoms with Gasteiger partial charge in [0.05, 0.1) is 10.3 Å². The topological polar surface area (TPSA) is 58.1 Å². The van der Waals surface area contributed by atoms with Crippen LogP contribution in [0.1, 0.15) is 45.9 Å². The van der Waals surface area contributed by atoms with E-state index in [1.807, 2.05) is 13.8 Å². The highest BCUT2D eigenvalue weighted by Gasteiger charge is 2.23. The predicted octanol–water partition coefficient (Wildman–Crippen LogP) is 5.00. The lowest BCUT2D eigenvalue weighted by Gasteiger charge is -2.28. The van der Waals surface area contributed by atoms with Gasteiger partial charge < -0.3 is 10.2 Å². The van der Waals surface area contributed by atoms with Crippen molar-refractivity contribution < 1.29 is 9.18 Å². The molecule has 3 aromatic rings. The number of thiophene rings is 1. The summed E-state index contributed by atoms with van der Waals surface area (Å²) in [4.78, 5) is 25.9. The first kappa shape index (κ1) is 18.8. The van der Waals surface area contributed by atoms with Crippen molar-refractivity contribution in [2.75, 3.05) is 23.3 Å². The Bertz CT molecular complexity index is 1060. The number of halogens is 1. The van der Waals surface area contributed by atoms with Crippen LogP contribution in [0.3, 0.4) is 0 Å². The molecule has 1 aromatic carbocycles. The Kier molecular flexibility index (Phi) is 5.02. The van der Waals surface area contributed by atoms with Gasteiger partial charge in [-0.05, 0) is 63.3 Å². The first-order chi connectivity index (χ1) is 13.4. The third-order valence-corrected chi connectivity index (χ3v) is 6.36. The molecule has 5 nitrogen and oxygen atoms in total. The molecule has 0 radical (unpaired) electrons. The van der Waals surface area contributed by atoms with Crippen LogP contribution in [0.25, 0.3) is 10.2 Å². The van der Waals surface area contributed by atoms with Gasteiger partial charge in [0, 0.05) is 18.8 Å². The molecule has 28 heavy (non-hydrogen) atoms. The molecular weight excluding hydrogens is 375 g/mol. The number of aromatic nitrogens is 2. The summed E-state index contributed by atoms with van der Waals surface area (Å²) in [5, 5.41) is 3.77. The van der Waals surface area contributed by atoms with Crippen LogP contribution in [0.5, 0.6) is 0 Å². The molecular formula is C21H23FN4OS. The van der Waals surface area contributed by atoms with Gasteiger partial charge in [-0.25, -0.2) is 14.4 Å². The molecule has 0 bridgehead atoms. The average molecular weight is 399 g/mol. The standard InChI is InChI=1S/C21H23FN4OS/c1-12-7-8-15(11-16(12)22)25-20(27)18-13(2)17-19(26-9-5-4-6-10-26)23-14(3)24-21(17)28-18/h7-8,11H,4-6,9-10H2,1-3H3,(H,25,27). The third-order valence-electron chi connectivity index (χ3n) is 5.17. The van der Waals surface area contributed by atoms with Crippen LogP contribution in [-0.2, 0) is 0 Å². The van der Waals surface area contributed by atoms with Gasteiger partial charge in [0.15, 0.2) is 0 Å². The largest absolute Gasteiger partial charge is 0.356 e. The maximum absolute atomic E-state index is 13.8. The number of nitrogens with one attached hydrogen (secondary N) is 1. The zero-order valence-corrected chi connectivity index (χ0v) is 17.1. The van der Waals surface area contributed by atoms with Gasteiger partial charge >= 0.3 is 0 Å². The van der Waals surface area contributed by atoms with Crippen LogP contribution in [0.2, 0.25) is 0 Å². The smallest absolute Gasteiger partial charge is 0.266 e. The molecule has 1 aliphatic heterocycles. The molecule has 0 aliphatic carbocycles. The zero-order chi connectivity index (χ0) is 19.8. The van der Waals surface area contributed by atoms with Crippen LogP contribution in [-0.4, -0.2) is 29.0 Å². The van der Waals surface area contributed by atoms with Gasteiger partial charge in [0.2, 0.25) is 0 Å². The second kappa shape index (κ2) is 7.47. The zero-order valence-electron chi connectivity index (χ0n) is 16.3. The highest BCUT2D eigenvalue weighted by atomic mass is 32.1. The molecule has 1 fully saturated rings. The van der Waals surface area contributed by atoms with Crippen LogP contribution in [0.4, 0.5) is 15.9 Å². The maximum Gasteiger partial charge on any atom is 0.266 e. The predicted molar refractivity (Wildman–Crippen MR) is 112 cm³/mol. The lowest BCUT2D eigenvalue weighted by molar-refractivity contribution is 0.103. The monoisotopic (exact) mass is 398 g/mol.